The van der Waals surface area contributed by atoms with E-state index in [9.17, 15) is 0 Å². The van der Waals surface area contributed by atoms with Crippen molar-refractivity contribution in [1.29, 1.82) is 0 Å². The molecular formula is C12H24N4O. The average molecular weight is 240 g/mol. The van der Waals surface area contributed by atoms with Gasteiger partial charge in [-0.05, 0) is 33.7 Å². The molecule has 98 valence electrons. The molecule has 0 aliphatic heterocycles. The summed E-state index contributed by atoms with van der Waals surface area (Å²) in [6.45, 7) is 12.3. The lowest BCUT2D eigenvalue weighted by molar-refractivity contribution is 0.413. The first-order valence-electron chi connectivity index (χ1n) is 6.43. The monoisotopic (exact) mass is 240 g/mol. The quantitative estimate of drug-likeness (QED) is 0.793. The fourth-order valence-electron chi connectivity index (χ4n) is 1.73. The number of aromatic nitrogens is 2. The van der Waals surface area contributed by atoms with Gasteiger partial charge in [-0.2, -0.15) is 0 Å². The number of nitrogens with one attached hydrogen (secondary N) is 1. The minimum atomic E-state index is 0.108. The lowest BCUT2D eigenvalue weighted by Gasteiger charge is -2.23. The van der Waals surface area contributed by atoms with Gasteiger partial charge in [0.15, 0.2) is 0 Å². The van der Waals surface area contributed by atoms with E-state index in [4.69, 9.17) is 4.42 Å². The minimum absolute atomic E-state index is 0.108. The van der Waals surface area contributed by atoms with E-state index < -0.39 is 0 Å². The molecule has 1 rings (SSSR count). The Kier molecular flexibility index (Phi) is 5.41. The topological polar surface area (TPSA) is 54.2 Å². The van der Waals surface area contributed by atoms with E-state index in [0.29, 0.717) is 17.9 Å². The summed E-state index contributed by atoms with van der Waals surface area (Å²) >= 11 is 0. The Hall–Kier alpha value is -1.10. The molecule has 1 aromatic heterocycles. The van der Waals surface area contributed by atoms with Crippen LogP contribution in [0.3, 0.4) is 0 Å². The molecule has 0 spiro atoms. The van der Waals surface area contributed by atoms with Crippen molar-refractivity contribution >= 4 is 6.01 Å². The van der Waals surface area contributed by atoms with Crippen molar-refractivity contribution in [2.75, 3.05) is 18.0 Å². The minimum Gasteiger partial charge on any atom is -0.406 e. The lowest BCUT2D eigenvalue weighted by atomic mass is 10.3. The Morgan fingerprint density at radius 2 is 1.94 bits per heavy atom. The molecule has 1 unspecified atom stereocenters. The van der Waals surface area contributed by atoms with Crippen molar-refractivity contribution in [3.63, 3.8) is 0 Å². The molecule has 1 atom stereocenters. The van der Waals surface area contributed by atoms with E-state index in [-0.39, 0.29) is 6.04 Å². The highest BCUT2D eigenvalue weighted by atomic mass is 16.4. The highest BCUT2D eigenvalue weighted by molar-refractivity contribution is 5.25. The number of hydrogen-bond donors (Lipinski definition) is 1. The van der Waals surface area contributed by atoms with Gasteiger partial charge in [0.25, 0.3) is 0 Å². The maximum atomic E-state index is 5.72. The van der Waals surface area contributed by atoms with Crippen LogP contribution in [0.4, 0.5) is 6.01 Å². The van der Waals surface area contributed by atoms with Crippen molar-refractivity contribution in [3.05, 3.63) is 5.89 Å². The van der Waals surface area contributed by atoms with E-state index in [0.717, 1.165) is 19.5 Å². The molecule has 0 aromatic carbocycles. The molecule has 0 amide bonds. The summed E-state index contributed by atoms with van der Waals surface area (Å²) in [5.74, 6) is 0.656. The van der Waals surface area contributed by atoms with Gasteiger partial charge in [-0.25, -0.2) is 0 Å². The predicted octanol–water partition coefficient (Wildman–Crippen LogP) is 2.36. The van der Waals surface area contributed by atoms with Gasteiger partial charge in [0.2, 0.25) is 5.89 Å². The molecule has 1 N–H and O–H groups in total. The van der Waals surface area contributed by atoms with Crippen LogP contribution in [0.2, 0.25) is 0 Å². The summed E-state index contributed by atoms with van der Waals surface area (Å²) in [6, 6.07) is 1.11. The summed E-state index contributed by atoms with van der Waals surface area (Å²) in [5, 5.41) is 11.5. The van der Waals surface area contributed by atoms with Crippen LogP contribution in [-0.4, -0.2) is 29.3 Å². The number of anilines is 1. The Bertz CT molecular complexity index is 324. The van der Waals surface area contributed by atoms with Crippen LogP contribution in [0.25, 0.3) is 0 Å². The van der Waals surface area contributed by atoms with Gasteiger partial charge in [0, 0.05) is 12.6 Å². The van der Waals surface area contributed by atoms with Crippen molar-refractivity contribution in [1.82, 2.24) is 15.5 Å². The Morgan fingerprint density at radius 1 is 1.24 bits per heavy atom. The van der Waals surface area contributed by atoms with E-state index in [2.05, 4.69) is 48.1 Å². The van der Waals surface area contributed by atoms with Crippen molar-refractivity contribution < 1.29 is 4.42 Å². The fraction of sp³-hybridized carbons (Fsp3) is 0.833. The van der Waals surface area contributed by atoms with Crippen molar-refractivity contribution in [2.45, 2.75) is 53.1 Å². The molecule has 17 heavy (non-hydrogen) atoms. The van der Waals surface area contributed by atoms with Gasteiger partial charge >= 0.3 is 6.01 Å². The third-order valence-electron chi connectivity index (χ3n) is 2.64. The smallest absolute Gasteiger partial charge is 0.318 e. The molecule has 0 radical (unpaired) electrons. The van der Waals surface area contributed by atoms with Crippen LogP contribution < -0.4 is 10.2 Å². The van der Waals surface area contributed by atoms with Crippen LogP contribution >= 0.6 is 0 Å². The third-order valence-corrected chi connectivity index (χ3v) is 2.64. The molecule has 0 aliphatic carbocycles. The first kappa shape index (κ1) is 14.0. The highest BCUT2D eigenvalue weighted by Gasteiger charge is 2.18. The number of rotatable bonds is 7. The van der Waals surface area contributed by atoms with Gasteiger partial charge in [-0.15, -0.1) is 5.10 Å². The summed E-state index contributed by atoms with van der Waals surface area (Å²) in [6.07, 6.45) is 1.07. The molecule has 1 aromatic rings. The molecule has 0 fully saturated rings. The lowest BCUT2D eigenvalue weighted by Crippen LogP contribution is -2.31. The molecule has 5 heteroatoms. The van der Waals surface area contributed by atoms with Crippen LogP contribution in [0, 0.1) is 0 Å². The van der Waals surface area contributed by atoms with Crippen LogP contribution in [-0.2, 0) is 0 Å². The van der Waals surface area contributed by atoms with Gasteiger partial charge in [-0.3, -0.25) is 0 Å². The molecule has 0 bridgehead atoms. The molecule has 0 aliphatic rings. The van der Waals surface area contributed by atoms with Crippen LogP contribution in [0.1, 0.15) is 53.0 Å². The first-order chi connectivity index (χ1) is 8.10. The molecule has 1 heterocycles. The molecular weight excluding hydrogens is 216 g/mol. The summed E-state index contributed by atoms with van der Waals surface area (Å²) < 4.78 is 5.72. The summed E-state index contributed by atoms with van der Waals surface area (Å²) in [7, 11) is 0. The van der Waals surface area contributed by atoms with E-state index in [1.54, 1.807) is 0 Å². The Balaban J connectivity index is 2.77. The second kappa shape index (κ2) is 6.59. The molecule has 0 saturated carbocycles. The summed E-state index contributed by atoms with van der Waals surface area (Å²) in [5.41, 5.74) is 0. The second-order valence-corrected chi connectivity index (χ2v) is 4.49. The predicted molar refractivity (Wildman–Crippen MR) is 69.2 cm³/mol. The highest BCUT2D eigenvalue weighted by Crippen LogP contribution is 2.19. The van der Waals surface area contributed by atoms with Gasteiger partial charge in [-0.1, -0.05) is 18.9 Å². The zero-order chi connectivity index (χ0) is 12.8. The van der Waals surface area contributed by atoms with Crippen molar-refractivity contribution in [3.8, 4) is 0 Å². The second-order valence-electron chi connectivity index (χ2n) is 4.49. The van der Waals surface area contributed by atoms with Crippen LogP contribution in [0.5, 0.6) is 0 Å². The largest absolute Gasteiger partial charge is 0.406 e. The zero-order valence-corrected chi connectivity index (χ0v) is 11.5. The summed E-state index contributed by atoms with van der Waals surface area (Å²) in [4.78, 5) is 2.13. The normalized spacial score (nSPS) is 13.1. The van der Waals surface area contributed by atoms with Crippen molar-refractivity contribution in [2.24, 2.45) is 0 Å². The zero-order valence-electron chi connectivity index (χ0n) is 11.5. The third kappa shape index (κ3) is 3.70. The SMILES string of the molecule is CCCN(c1nnc(C(C)NCC)o1)C(C)C. The van der Waals surface area contributed by atoms with E-state index in [1.807, 2.05) is 6.92 Å². The molecule has 0 saturated heterocycles. The van der Waals surface area contributed by atoms with E-state index >= 15 is 0 Å². The van der Waals surface area contributed by atoms with Crippen LogP contribution in [0.15, 0.2) is 4.42 Å². The number of nitrogens with zero attached hydrogens (tertiary/aromatic N) is 3. The van der Waals surface area contributed by atoms with E-state index in [1.165, 1.54) is 0 Å². The Labute approximate surface area is 104 Å². The molecule has 5 nitrogen and oxygen atoms in total. The Morgan fingerprint density at radius 3 is 2.47 bits per heavy atom. The van der Waals surface area contributed by atoms with Gasteiger partial charge in [0.05, 0.1) is 6.04 Å². The standard InChI is InChI=1S/C12H24N4O/c1-6-8-16(9(3)4)12-15-14-11(17-12)10(5)13-7-2/h9-10,13H,6-8H2,1-5H3. The average Bonchev–Trinajstić information content (AvgIpc) is 2.74. The fourth-order valence-corrected chi connectivity index (χ4v) is 1.73. The van der Waals surface area contributed by atoms with Gasteiger partial charge < -0.3 is 14.6 Å². The maximum Gasteiger partial charge on any atom is 0.318 e. The first-order valence-corrected chi connectivity index (χ1v) is 6.43. The maximum absolute atomic E-state index is 5.72. The van der Waals surface area contributed by atoms with Gasteiger partial charge in [0.1, 0.15) is 0 Å². The number of hydrogen-bond acceptors (Lipinski definition) is 5.